The molecule has 1 aromatic heterocycles. The Bertz CT molecular complexity index is 952. The number of hydrogen-bond donors (Lipinski definition) is 1. The molecule has 5 aliphatic rings. The number of hydrogen-bond acceptors (Lipinski definition) is 1. The summed E-state index contributed by atoms with van der Waals surface area (Å²) in [4.78, 5) is 19.0. The molecule has 0 atom stereocenters. The molecule has 4 aliphatic carbocycles. The van der Waals surface area contributed by atoms with Crippen LogP contribution in [0.4, 0.5) is 0 Å². The van der Waals surface area contributed by atoms with Crippen molar-refractivity contribution >= 4 is 34.0 Å². The molecule has 1 aliphatic heterocycles. The van der Waals surface area contributed by atoms with Gasteiger partial charge in [-0.15, -0.1) is 0 Å². The molecule has 1 aromatic carbocycles. The van der Waals surface area contributed by atoms with Crippen LogP contribution in [0.2, 0.25) is 5.02 Å². The fraction of sp³-hybridized carbons (Fsp3) is 0.542. The molecule has 2 heterocycles. The fourth-order valence-corrected chi connectivity index (χ4v) is 7.42. The first kappa shape index (κ1) is 17.1. The molecule has 4 bridgehead atoms. The topological polar surface area (TPSA) is 36.1 Å². The molecule has 0 saturated heterocycles. The Morgan fingerprint density at radius 3 is 2.46 bits per heavy atom. The van der Waals surface area contributed by atoms with Gasteiger partial charge in [0.05, 0.1) is 16.0 Å². The zero-order chi connectivity index (χ0) is 18.9. The third-order valence-electron chi connectivity index (χ3n) is 8.00. The minimum Gasteiger partial charge on any atom is -0.359 e. The number of para-hydroxylation sites is 1. The molecule has 3 nitrogen and oxygen atoms in total. The first-order valence-corrected chi connectivity index (χ1v) is 11.2. The Morgan fingerprint density at radius 2 is 1.82 bits per heavy atom. The number of aromatic amines is 1. The van der Waals surface area contributed by atoms with Crippen molar-refractivity contribution in [3.8, 4) is 0 Å². The number of H-pyrrole nitrogens is 1. The first-order chi connectivity index (χ1) is 13.6. The van der Waals surface area contributed by atoms with Gasteiger partial charge in [-0.25, -0.2) is 0 Å². The summed E-state index contributed by atoms with van der Waals surface area (Å²) in [6.07, 6.45) is 12.9. The van der Waals surface area contributed by atoms with Crippen molar-refractivity contribution in [2.24, 2.45) is 23.2 Å². The maximum atomic E-state index is 13.6. The molecule has 146 valence electrons. The Hall–Kier alpha value is -1.74. The molecule has 1 amide bonds. The summed E-state index contributed by atoms with van der Waals surface area (Å²) in [7, 11) is 0. The van der Waals surface area contributed by atoms with Crippen molar-refractivity contribution in [2.45, 2.75) is 44.9 Å². The molecule has 1 N–H and O–H groups in total. The number of halogens is 1. The fourth-order valence-electron chi connectivity index (χ4n) is 7.19. The van der Waals surface area contributed by atoms with E-state index in [9.17, 15) is 4.79 Å². The summed E-state index contributed by atoms with van der Waals surface area (Å²) < 4.78 is 0. The maximum Gasteiger partial charge on any atom is 0.229 e. The number of amides is 1. The number of carbonyl (C=O) groups excluding carboxylic acids is 1. The second-order valence-corrected chi connectivity index (χ2v) is 10.2. The molecule has 4 saturated carbocycles. The summed E-state index contributed by atoms with van der Waals surface area (Å²) >= 11 is 6.32. The van der Waals surface area contributed by atoms with Crippen molar-refractivity contribution in [1.82, 2.24) is 9.88 Å². The molecule has 28 heavy (non-hydrogen) atoms. The number of rotatable bonds is 2. The number of fused-ring (bicyclic) bond motifs is 1. The van der Waals surface area contributed by atoms with Crippen LogP contribution in [-0.4, -0.2) is 28.9 Å². The van der Waals surface area contributed by atoms with Gasteiger partial charge in [-0.1, -0.05) is 29.8 Å². The average Bonchev–Trinajstić information content (AvgIpc) is 3.12. The summed E-state index contributed by atoms with van der Waals surface area (Å²) in [5, 5.41) is 1.94. The summed E-state index contributed by atoms with van der Waals surface area (Å²) in [6.45, 7) is 1.60. The van der Waals surface area contributed by atoms with Crippen LogP contribution in [0.25, 0.3) is 16.5 Å². The van der Waals surface area contributed by atoms with Gasteiger partial charge in [-0.2, -0.15) is 0 Å². The van der Waals surface area contributed by atoms with Crippen molar-refractivity contribution in [3.05, 3.63) is 41.1 Å². The van der Waals surface area contributed by atoms with Gasteiger partial charge in [0.1, 0.15) is 0 Å². The first-order valence-electron chi connectivity index (χ1n) is 10.9. The highest BCUT2D eigenvalue weighted by molar-refractivity contribution is 6.35. The molecule has 4 fully saturated rings. The highest BCUT2D eigenvalue weighted by Crippen LogP contribution is 2.60. The number of carbonyl (C=O) groups is 1. The third kappa shape index (κ3) is 2.51. The van der Waals surface area contributed by atoms with E-state index < -0.39 is 0 Å². The van der Waals surface area contributed by atoms with Gasteiger partial charge in [0.2, 0.25) is 5.91 Å². The smallest absolute Gasteiger partial charge is 0.229 e. The Kier molecular flexibility index (Phi) is 3.75. The average molecular weight is 395 g/mol. The van der Waals surface area contributed by atoms with E-state index in [0.29, 0.717) is 5.91 Å². The lowest BCUT2D eigenvalue weighted by atomic mass is 9.49. The number of nitrogens with one attached hydrogen (secondary N) is 1. The lowest BCUT2D eigenvalue weighted by Gasteiger charge is -2.56. The van der Waals surface area contributed by atoms with Crippen LogP contribution in [-0.2, 0) is 4.79 Å². The quantitative estimate of drug-likeness (QED) is 0.701. The number of benzene rings is 1. The Labute approximate surface area is 171 Å². The lowest BCUT2D eigenvalue weighted by molar-refractivity contribution is -0.157. The van der Waals surface area contributed by atoms with Crippen molar-refractivity contribution in [3.63, 3.8) is 0 Å². The van der Waals surface area contributed by atoms with Gasteiger partial charge >= 0.3 is 0 Å². The van der Waals surface area contributed by atoms with E-state index >= 15 is 0 Å². The molecule has 0 unspecified atom stereocenters. The van der Waals surface area contributed by atoms with Crippen LogP contribution in [0, 0.1) is 23.2 Å². The van der Waals surface area contributed by atoms with E-state index in [1.807, 2.05) is 12.1 Å². The minimum atomic E-state index is -0.0194. The predicted molar refractivity (Wildman–Crippen MR) is 113 cm³/mol. The van der Waals surface area contributed by atoms with Crippen LogP contribution < -0.4 is 0 Å². The Balaban J connectivity index is 1.24. The van der Waals surface area contributed by atoms with Crippen LogP contribution in [0.5, 0.6) is 0 Å². The summed E-state index contributed by atoms with van der Waals surface area (Å²) in [5.74, 6) is 2.93. The lowest BCUT2D eigenvalue weighted by Crippen LogP contribution is -2.55. The van der Waals surface area contributed by atoms with E-state index in [0.717, 1.165) is 67.1 Å². The zero-order valence-corrected chi connectivity index (χ0v) is 17.0. The highest BCUT2D eigenvalue weighted by Gasteiger charge is 2.55. The Morgan fingerprint density at radius 1 is 1.11 bits per heavy atom. The van der Waals surface area contributed by atoms with Crippen LogP contribution in [0.1, 0.15) is 50.5 Å². The van der Waals surface area contributed by atoms with Gasteiger partial charge in [-0.3, -0.25) is 4.79 Å². The third-order valence-corrected chi connectivity index (χ3v) is 8.31. The minimum absolute atomic E-state index is 0.0194. The molecule has 0 spiro atoms. The van der Waals surface area contributed by atoms with E-state index in [1.54, 1.807) is 0 Å². The van der Waals surface area contributed by atoms with E-state index in [2.05, 4.69) is 28.2 Å². The number of aromatic nitrogens is 1. The summed E-state index contributed by atoms with van der Waals surface area (Å²) in [6, 6.07) is 6.06. The molecule has 4 heteroatoms. The molecule has 7 rings (SSSR count). The zero-order valence-electron chi connectivity index (χ0n) is 16.2. The van der Waals surface area contributed by atoms with Gasteiger partial charge in [0, 0.05) is 30.2 Å². The van der Waals surface area contributed by atoms with E-state index in [4.69, 9.17) is 11.6 Å². The molecule has 2 aromatic rings. The molecule has 0 radical (unpaired) electrons. The molecular formula is C24H27ClN2O. The van der Waals surface area contributed by atoms with E-state index in [1.165, 1.54) is 35.8 Å². The highest BCUT2D eigenvalue weighted by atomic mass is 35.5. The van der Waals surface area contributed by atoms with Gasteiger partial charge in [-0.05, 0) is 74.3 Å². The predicted octanol–water partition coefficient (Wildman–Crippen LogP) is 5.65. The normalized spacial score (nSPS) is 34.1. The second kappa shape index (κ2) is 6.13. The number of nitrogens with zero attached hydrogens (tertiary/aromatic N) is 1. The second-order valence-electron chi connectivity index (χ2n) is 9.79. The SMILES string of the molecule is O=C(N1CC=C(c2c[nH]c3c(Cl)cccc23)CC1)C12CC3CC(CC(C3)C1)C2. The maximum absolute atomic E-state index is 13.6. The van der Waals surface area contributed by atoms with Crippen LogP contribution in [0.15, 0.2) is 30.5 Å². The van der Waals surface area contributed by atoms with Gasteiger partial charge in [0.15, 0.2) is 0 Å². The largest absolute Gasteiger partial charge is 0.359 e. The van der Waals surface area contributed by atoms with Crippen molar-refractivity contribution in [1.29, 1.82) is 0 Å². The standard InChI is InChI=1S/C24H27ClN2O/c25-21-3-1-2-19-20(14-26-22(19)21)18-4-6-27(7-5-18)23(28)24-11-15-8-16(12-24)10-17(9-15)13-24/h1-4,14-17,26H,5-13H2. The van der Waals surface area contributed by atoms with Gasteiger partial charge in [0.25, 0.3) is 0 Å². The molecular weight excluding hydrogens is 368 g/mol. The van der Waals surface area contributed by atoms with Crippen molar-refractivity contribution in [2.75, 3.05) is 13.1 Å². The van der Waals surface area contributed by atoms with Crippen molar-refractivity contribution < 1.29 is 4.79 Å². The summed E-state index contributed by atoms with van der Waals surface area (Å²) in [5.41, 5.74) is 3.56. The van der Waals surface area contributed by atoms with Crippen LogP contribution >= 0.6 is 11.6 Å². The monoisotopic (exact) mass is 394 g/mol. The van der Waals surface area contributed by atoms with Crippen LogP contribution in [0.3, 0.4) is 0 Å². The van der Waals surface area contributed by atoms with Gasteiger partial charge < -0.3 is 9.88 Å². The van der Waals surface area contributed by atoms with E-state index in [-0.39, 0.29) is 5.41 Å².